The molecule has 1 N–H and O–H groups in total. The van der Waals surface area contributed by atoms with E-state index < -0.39 is 0 Å². The van der Waals surface area contributed by atoms with E-state index >= 15 is 0 Å². The summed E-state index contributed by atoms with van der Waals surface area (Å²) < 4.78 is 13.5. The van der Waals surface area contributed by atoms with Gasteiger partial charge in [-0.2, -0.15) is 0 Å². The Morgan fingerprint density at radius 1 is 1.19 bits per heavy atom. The van der Waals surface area contributed by atoms with Crippen molar-refractivity contribution in [1.29, 1.82) is 0 Å². The van der Waals surface area contributed by atoms with Gasteiger partial charge in [0.05, 0.1) is 25.3 Å². The molecule has 1 aliphatic heterocycles. The SMILES string of the molecule is CCCC(c1nnnn1C1CCCCC1)N(Cc1cc2cc(OC)ccc2[nH]c1=O)CC1CCCO1. The molecule has 1 saturated carbocycles. The fourth-order valence-corrected chi connectivity index (χ4v) is 5.80. The number of hydrogen-bond acceptors (Lipinski definition) is 7. The van der Waals surface area contributed by atoms with Crippen LogP contribution in [0.25, 0.3) is 10.9 Å². The van der Waals surface area contributed by atoms with Gasteiger partial charge in [-0.15, -0.1) is 5.10 Å². The van der Waals surface area contributed by atoms with Crippen LogP contribution in [0.1, 0.15) is 88.2 Å². The van der Waals surface area contributed by atoms with Gasteiger partial charge in [-0.3, -0.25) is 9.69 Å². The average Bonchev–Trinajstić information content (AvgIpc) is 3.60. The summed E-state index contributed by atoms with van der Waals surface area (Å²) in [5.74, 6) is 1.69. The molecule has 0 spiro atoms. The molecule has 2 unspecified atom stereocenters. The molecule has 5 rings (SSSR count). The number of nitrogens with one attached hydrogen (secondary N) is 1. The lowest BCUT2D eigenvalue weighted by molar-refractivity contribution is 0.0468. The minimum atomic E-state index is -0.0628. The first-order valence-electron chi connectivity index (χ1n) is 13.5. The van der Waals surface area contributed by atoms with E-state index in [2.05, 4.69) is 37.0 Å². The number of aromatic nitrogens is 5. The van der Waals surface area contributed by atoms with E-state index in [-0.39, 0.29) is 17.7 Å². The molecule has 2 atom stereocenters. The minimum absolute atomic E-state index is 0.0107. The van der Waals surface area contributed by atoms with Crippen molar-refractivity contribution in [3.05, 3.63) is 46.0 Å². The molecule has 9 heteroatoms. The number of methoxy groups -OCH3 is 1. The first-order chi connectivity index (χ1) is 17.7. The van der Waals surface area contributed by atoms with Crippen molar-refractivity contribution in [2.75, 3.05) is 20.3 Å². The van der Waals surface area contributed by atoms with Crippen LogP contribution in [-0.2, 0) is 11.3 Å². The Hall–Kier alpha value is -2.78. The quantitative estimate of drug-likeness (QED) is 0.441. The van der Waals surface area contributed by atoms with Crippen molar-refractivity contribution < 1.29 is 9.47 Å². The third-order valence-electron chi connectivity index (χ3n) is 7.70. The largest absolute Gasteiger partial charge is 0.497 e. The highest BCUT2D eigenvalue weighted by atomic mass is 16.5. The molecule has 0 amide bonds. The number of benzene rings is 1. The van der Waals surface area contributed by atoms with Crippen LogP contribution in [-0.4, -0.2) is 56.5 Å². The van der Waals surface area contributed by atoms with E-state index in [9.17, 15) is 4.79 Å². The Kier molecular flexibility index (Phi) is 7.96. The maximum Gasteiger partial charge on any atom is 0.252 e. The maximum atomic E-state index is 13.2. The van der Waals surface area contributed by atoms with Crippen molar-refractivity contribution in [3.63, 3.8) is 0 Å². The van der Waals surface area contributed by atoms with Crippen molar-refractivity contribution in [1.82, 2.24) is 30.1 Å². The third kappa shape index (κ3) is 5.47. The van der Waals surface area contributed by atoms with Gasteiger partial charge in [0.2, 0.25) is 0 Å². The molecular weight excluding hydrogens is 456 g/mol. The number of fused-ring (bicyclic) bond motifs is 1. The molecule has 1 aromatic carbocycles. The van der Waals surface area contributed by atoms with Crippen molar-refractivity contribution in [3.8, 4) is 5.75 Å². The van der Waals surface area contributed by atoms with E-state index in [1.165, 1.54) is 19.3 Å². The van der Waals surface area contributed by atoms with E-state index in [1.54, 1.807) is 7.11 Å². The summed E-state index contributed by atoms with van der Waals surface area (Å²) in [6, 6.07) is 8.07. The Morgan fingerprint density at radius 2 is 2.06 bits per heavy atom. The average molecular weight is 495 g/mol. The van der Waals surface area contributed by atoms with Crippen molar-refractivity contribution >= 4 is 10.9 Å². The molecule has 1 aliphatic carbocycles. The second kappa shape index (κ2) is 11.5. The number of hydrogen-bond donors (Lipinski definition) is 1. The zero-order valence-corrected chi connectivity index (χ0v) is 21.5. The van der Waals surface area contributed by atoms with Crippen LogP contribution < -0.4 is 10.3 Å². The number of rotatable bonds is 10. The first kappa shape index (κ1) is 24.9. The molecule has 2 fully saturated rings. The summed E-state index contributed by atoms with van der Waals surface area (Å²) in [6.07, 6.45) is 10.1. The fourth-order valence-electron chi connectivity index (χ4n) is 5.80. The normalized spacial score (nSPS) is 19.8. The van der Waals surface area contributed by atoms with Crippen LogP contribution in [0, 0.1) is 0 Å². The van der Waals surface area contributed by atoms with Gasteiger partial charge in [-0.05, 0) is 66.8 Å². The first-order valence-corrected chi connectivity index (χ1v) is 13.5. The van der Waals surface area contributed by atoms with Gasteiger partial charge in [-0.1, -0.05) is 32.6 Å². The lowest BCUT2D eigenvalue weighted by atomic mass is 9.95. The zero-order chi connectivity index (χ0) is 24.9. The zero-order valence-electron chi connectivity index (χ0n) is 21.5. The summed E-state index contributed by atoms with van der Waals surface area (Å²) in [5.41, 5.74) is 1.47. The van der Waals surface area contributed by atoms with Crippen molar-refractivity contribution in [2.24, 2.45) is 0 Å². The Morgan fingerprint density at radius 3 is 2.81 bits per heavy atom. The second-order valence-corrected chi connectivity index (χ2v) is 10.2. The third-order valence-corrected chi connectivity index (χ3v) is 7.70. The number of ether oxygens (including phenoxy) is 2. The number of tetrazole rings is 1. The Bertz CT molecular complexity index is 1200. The van der Waals surface area contributed by atoms with Gasteiger partial charge in [0.15, 0.2) is 5.82 Å². The van der Waals surface area contributed by atoms with E-state index in [0.29, 0.717) is 12.6 Å². The molecular formula is C27H38N6O3. The lowest BCUT2D eigenvalue weighted by Gasteiger charge is -2.33. The molecule has 194 valence electrons. The molecule has 0 bridgehead atoms. The summed E-state index contributed by atoms with van der Waals surface area (Å²) in [4.78, 5) is 18.6. The Balaban J connectivity index is 1.50. The highest BCUT2D eigenvalue weighted by molar-refractivity contribution is 5.80. The van der Waals surface area contributed by atoms with Crippen LogP contribution in [0.5, 0.6) is 5.75 Å². The number of nitrogens with zero attached hydrogens (tertiary/aromatic N) is 5. The van der Waals surface area contributed by atoms with Crippen LogP contribution in [0.15, 0.2) is 29.1 Å². The smallest absolute Gasteiger partial charge is 0.252 e. The molecule has 36 heavy (non-hydrogen) atoms. The molecule has 3 heterocycles. The summed E-state index contributed by atoms with van der Waals surface area (Å²) >= 11 is 0. The molecule has 1 saturated heterocycles. The maximum absolute atomic E-state index is 13.2. The fraction of sp³-hybridized carbons (Fsp3) is 0.630. The lowest BCUT2D eigenvalue weighted by Crippen LogP contribution is -2.38. The molecule has 2 aromatic heterocycles. The van der Waals surface area contributed by atoms with Crippen LogP contribution in [0.4, 0.5) is 0 Å². The number of aromatic amines is 1. The summed E-state index contributed by atoms with van der Waals surface area (Å²) in [6.45, 7) is 4.25. The minimum Gasteiger partial charge on any atom is -0.497 e. The van der Waals surface area contributed by atoms with E-state index in [1.807, 2.05) is 24.3 Å². The predicted molar refractivity (Wildman–Crippen MR) is 138 cm³/mol. The van der Waals surface area contributed by atoms with Gasteiger partial charge >= 0.3 is 0 Å². The standard InChI is InChI=1S/C27H38N6O3/c1-3-8-25(26-29-30-31-33(26)21-9-5-4-6-10-21)32(18-23-11-7-14-36-23)17-20-15-19-16-22(35-2)12-13-24(19)28-27(20)34/h12-13,15-16,21,23,25H,3-11,14,17-18H2,1-2H3,(H,28,34). The van der Waals surface area contributed by atoms with Gasteiger partial charge in [-0.25, -0.2) is 4.68 Å². The van der Waals surface area contributed by atoms with Gasteiger partial charge in [0.25, 0.3) is 5.56 Å². The van der Waals surface area contributed by atoms with Crippen LogP contribution in [0.3, 0.4) is 0 Å². The number of H-pyrrole nitrogens is 1. The molecule has 2 aliphatic rings. The summed E-state index contributed by atoms with van der Waals surface area (Å²) in [5, 5.41) is 14.1. The molecule has 9 nitrogen and oxygen atoms in total. The monoisotopic (exact) mass is 494 g/mol. The van der Waals surface area contributed by atoms with Gasteiger partial charge in [0.1, 0.15) is 5.75 Å². The second-order valence-electron chi connectivity index (χ2n) is 10.2. The predicted octanol–water partition coefficient (Wildman–Crippen LogP) is 4.55. The van der Waals surface area contributed by atoms with E-state index in [0.717, 1.165) is 79.7 Å². The van der Waals surface area contributed by atoms with Crippen molar-refractivity contribution in [2.45, 2.75) is 89.4 Å². The topological polar surface area (TPSA) is 98.2 Å². The highest BCUT2D eigenvalue weighted by Crippen LogP contribution is 2.33. The highest BCUT2D eigenvalue weighted by Gasteiger charge is 2.32. The Labute approximate surface area is 212 Å². The molecule has 3 aromatic rings. The van der Waals surface area contributed by atoms with Crippen LogP contribution >= 0.6 is 0 Å². The molecule has 0 radical (unpaired) electrons. The summed E-state index contributed by atoms with van der Waals surface area (Å²) in [7, 11) is 1.66. The van der Waals surface area contributed by atoms with E-state index in [4.69, 9.17) is 9.47 Å². The number of pyridine rings is 1. The van der Waals surface area contributed by atoms with Gasteiger partial charge < -0.3 is 14.5 Å². The van der Waals surface area contributed by atoms with Crippen LogP contribution in [0.2, 0.25) is 0 Å². The van der Waals surface area contributed by atoms with Gasteiger partial charge in [0, 0.05) is 36.2 Å².